The van der Waals surface area contributed by atoms with Crippen molar-refractivity contribution in [3.05, 3.63) is 64.8 Å². The summed E-state index contributed by atoms with van der Waals surface area (Å²) in [4.78, 5) is 22.7. The highest BCUT2D eigenvalue weighted by Crippen LogP contribution is 2.20. The third-order valence-corrected chi connectivity index (χ3v) is 4.42. The lowest BCUT2D eigenvalue weighted by Gasteiger charge is -2.09. The molecule has 8 nitrogen and oxygen atoms in total. The predicted octanol–water partition coefficient (Wildman–Crippen LogP) is 1.60. The van der Waals surface area contributed by atoms with Gasteiger partial charge in [-0.2, -0.15) is 0 Å². The highest BCUT2D eigenvalue weighted by atomic mass is 32.2. The maximum atomic E-state index is 13.9. The van der Waals surface area contributed by atoms with Crippen LogP contribution in [0.5, 0.6) is 5.75 Å². The van der Waals surface area contributed by atoms with Crippen molar-refractivity contribution in [3.8, 4) is 5.75 Å². The van der Waals surface area contributed by atoms with E-state index in [-0.39, 0.29) is 11.4 Å². The molecule has 3 aromatic rings. The average molecular weight is 392 g/mol. The number of rotatable bonds is 5. The van der Waals surface area contributed by atoms with Crippen LogP contribution in [0.4, 0.5) is 10.1 Å². The molecule has 0 saturated carbocycles. The minimum absolute atomic E-state index is 0.222. The van der Waals surface area contributed by atoms with Gasteiger partial charge in [0.05, 0.1) is 10.6 Å². The number of halogens is 1. The maximum Gasteiger partial charge on any atom is 0.336 e. The molecule has 1 heterocycles. The number of sulfonamides is 1. The zero-order chi connectivity index (χ0) is 19.6. The number of ether oxygens (including phenoxy) is 1. The lowest BCUT2D eigenvalue weighted by Crippen LogP contribution is -2.21. The van der Waals surface area contributed by atoms with Crippen molar-refractivity contribution >= 4 is 32.6 Å². The van der Waals surface area contributed by atoms with Crippen LogP contribution in [0.25, 0.3) is 11.0 Å². The fraction of sp³-hybridized carbons (Fsp3) is 0.0588. The number of hydrogen-bond acceptors (Lipinski definition) is 6. The average Bonchev–Trinajstić information content (AvgIpc) is 2.60. The van der Waals surface area contributed by atoms with Gasteiger partial charge < -0.3 is 14.5 Å². The second kappa shape index (κ2) is 7.17. The molecule has 3 rings (SSSR count). The van der Waals surface area contributed by atoms with Crippen LogP contribution >= 0.6 is 0 Å². The summed E-state index contributed by atoms with van der Waals surface area (Å²) < 4.78 is 46.5. The van der Waals surface area contributed by atoms with E-state index < -0.39 is 38.9 Å². The number of hydrogen-bond donors (Lipinski definition) is 2. The minimum atomic E-state index is -4.05. The SMILES string of the molecule is NS(=O)(=O)c1ccc(NC(=O)COc2ccc3ccc(=O)oc3c2)c(F)c1. The molecule has 0 radical (unpaired) electrons. The van der Waals surface area contributed by atoms with Gasteiger partial charge in [-0.15, -0.1) is 0 Å². The number of anilines is 1. The summed E-state index contributed by atoms with van der Waals surface area (Å²) >= 11 is 0. The smallest absolute Gasteiger partial charge is 0.336 e. The molecule has 0 aliphatic rings. The van der Waals surface area contributed by atoms with Crippen LogP contribution in [0, 0.1) is 5.82 Å². The summed E-state index contributed by atoms with van der Waals surface area (Å²) in [5.74, 6) is -1.36. The molecule has 0 spiro atoms. The number of benzene rings is 2. The third kappa shape index (κ3) is 4.49. The summed E-state index contributed by atoms with van der Waals surface area (Å²) in [5, 5.41) is 7.85. The molecule has 0 atom stereocenters. The Labute approximate surface area is 152 Å². The zero-order valence-corrected chi connectivity index (χ0v) is 14.5. The minimum Gasteiger partial charge on any atom is -0.484 e. The highest BCUT2D eigenvalue weighted by molar-refractivity contribution is 7.89. The third-order valence-electron chi connectivity index (χ3n) is 3.51. The van der Waals surface area contributed by atoms with Gasteiger partial charge in [-0.1, -0.05) is 0 Å². The number of carbonyl (C=O) groups is 1. The Kier molecular flexibility index (Phi) is 4.93. The molecule has 3 N–H and O–H groups in total. The number of fused-ring (bicyclic) bond motifs is 1. The Morgan fingerprint density at radius 2 is 1.89 bits per heavy atom. The van der Waals surface area contributed by atoms with Gasteiger partial charge in [0.25, 0.3) is 5.91 Å². The van der Waals surface area contributed by atoms with Gasteiger partial charge in [0.1, 0.15) is 17.1 Å². The quantitative estimate of drug-likeness (QED) is 0.635. The van der Waals surface area contributed by atoms with E-state index in [1.807, 2.05) is 0 Å². The Bertz CT molecular complexity index is 1190. The number of nitrogens with two attached hydrogens (primary N) is 1. The molecular formula is C17H13FN2O6S. The fourth-order valence-corrected chi connectivity index (χ4v) is 2.77. The van der Waals surface area contributed by atoms with Crippen LogP contribution in [0.15, 0.2) is 62.6 Å². The van der Waals surface area contributed by atoms with Gasteiger partial charge in [0.2, 0.25) is 10.0 Å². The first kappa shape index (κ1) is 18.5. The summed E-state index contributed by atoms with van der Waals surface area (Å²) in [7, 11) is -4.05. The lowest BCUT2D eigenvalue weighted by atomic mass is 10.2. The summed E-state index contributed by atoms with van der Waals surface area (Å²) in [6.45, 7) is -0.445. The van der Waals surface area contributed by atoms with Crippen molar-refractivity contribution in [2.24, 2.45) is 5.14 Å². The molecular weight excluding hydrogens is 379 g/mol. The monoisotopic (exact) mass is 392 g/mol. The normalized spacial score (nSPS) is 11.3. The van der Waals surface area contributed by atoms with E-state index in [1.54, 1.807) is 18.2 Å². The maximum absolute atomic E-state index is 13.9. The molecule has 27 heavy (non-hydrogen) atoms. The summed E-state index contributed by atoms with van der Waals surface area (Å²) in [6, 6.07) is 10.4. The van der Waals surface area contributed by atoms with Crippen LogP contribution in [-0.2, 0) is 14.8 Å². The Morgan fingerprint density at radius 1 is 1.15 bits per heavy atom. The van der Waals surface area contributed by atoms with E-state index in [2.05, 4.69) is 5.32 Å². The number of amides is 1. The Balaban J connectivity index is 1.67. The standard InChI is InChI=1S/C17H13FN2O6S/c18-13-8-12(27(19,23)24)4-5-14(13)20-16(21)9-25-11-3-1-10-2-6-17(22)26-15(10)7-11/h1-8H,9H2,(H,20,21)(H2,19,23,24). The van der Waals surface area contributed by atoms with E-state index >= 15 is 0 Å². The molecule has 2 aromatic carbocycles. The molecule has 0 aliphatic carbocycles. The van der Waals surface area contributed by atoms with E-state index in [0.717, 1.165) is 12.1 Å². The van der Waals surface area contributed by atoms with Gasteiger partial charge in [-0.05, 0) is 36.4 Å². The molecule has 0 fully saturated rings. The number of nitrogens with one attached hydrogen (secondary N) is 1. The van der Waals surface area contributed by atoms with Crippen LogP contribution < -0.4 is 20.8 Å². The second-order valence-corrected chi connectivity index (χ2v) is 7.04. The first-order chi connectivity index (χ1) is 12.7. The van der Waals surface area contributed by atoms with Crippen molar-refractivity contribution in [1.82, 2.24) is 0 Å². The van der Waals surface area contributed by atoms with Crippen LogP contribution in [0.3, 0.4) is 0 Å². The molecule has 0 bridgehead atoms. The van der Waals surface area contributed by atoms with Gasteiger partial charge in [0.15, 0.2) is 6.61 Å². The van der Waals surface area contributed by atoms with Crippen LogP contribution in [0.2, 0.25) is 0 Å². The van der Waals surface area contributed by atoms with Gasteiger partial charge in [0, 0.05) is 17.5 Å². The number of carbonyl (C=O) groups excluding carboxylic acids is 1. The first-order valence-electron chi connectivity index (χ1n) is 7.51. The summed E-state index contributed by atoms with van der Waals surface area (Å²) in [6.07, 6.45) is 0. The van der Waals surface area contributed by atoms with Gasteiger partial charge in [-0.3, -0.25) is 4.79 Å². The Morgan fingerprint density at radius 3 is 2.59 bits per heavy atom. The van der Waals surface area contributed by atoms with E-state index in [0.29, 0.717) is 17.0 Å². The summed E-state index contributed by atoms with van der Waals surface area (Å²) in [5.41, 5.74) is -0.443. The van der Waals surface area contributed by atoms with Crippen molar-refractivity contribution in [2.75, 3.05) is 11.9 Å². The van der Waals surface area contributed by atoms with E-state index in [9.17, 15) is 22.4 Å². The van der Waals surface area contributed by atoms with Crippen molar-refractivity contribution < 1.29 is 26.8 Å². The molecule has 1 aromatic heterocycles. The van der Waals surface area contributed by atoms with Crippen molar-refractivity contribution in [1.29, 1.82) is 0 Å². The van der Waals surface area contributed by atoms with E-state index in [1.165, 1.54) is 12.1 Å². The van der Waals surface area contributed by atoms with Gasteiger partial charge in [-0.25, -0.2) is 22.7 Å². The van der Waals surface area contributed by atoms with Crippen molar-refractivity contribution in [2.45, 2.75) is 4.90 Å². The molecule has 10 heteroatoms. The molecule has 0 aliphatic heterocycles. The highest BCUT2D eigenvalue weighted by Gasteiger charge is 2.13. The van der Waals surface area contributed by atoms with Crippen LogP contribution in [0.1, 0.15) is 0 Å². The predicted molar refractivity (Wildman–Crippen MR) is 94.4 cm³/mol. The fourth-order valence-electron chi connectivity index (χ4n) is 2.24. The lowest BCUT2D eigenvalue weighted by molar-refractivity contribution is -0.118. The molecule has 0 unspecified atom stereocenters. The second-order valence-electron chi connectivity index (χ2n) is 5.48. The van der Waals surface area contributed by atoms with Crippen molar-refractivity contribution in [3.63, 3.8) is 0 Å². The van der Waals surface area contributed by atoms with Crippen LogP contribution in [-0.4, -0.2) is 20.9 Å². The Hall–Kier alpha value is -3.24. The topological polar surface area (TPSA) is 129 Å². The molecule has 140 valence electrons. The van der Waals surface area contributed by atoms with E-state index in [4.69, 9.17) is 14.3 Å². The molecule has 0 saturated heterocycles. The van der Waals surface area contributed by atoms with Gasteiger partial charge >= 0.3 is 5.63 Å². The molecule has 1 amide bonds. The first-order valence-corrected chi connectivity index (χ1v) is 9.06. The zero-order valence-electron chi connectivity index (χ0n) is 13.6. The largest absolute Gasteiger partial charge is 0.484 e. The number of primary sulfonamides is 1.